The van der Waals surface area contributed by atoms with Crippen molar-refractivity contribution in [3.63, 3.8) is 0 Å². The number of methoxy groups -OCH3 is 2. The molecule has 0 aliphatic rings. The lowest BCUT2D eigenvalue weighted by molar-refractivity contribution is -0.116. The molecule has 1 N–H and O–H groups in total. The molecule has 122 valence electrons. The minimum absolute atomic E-state index is 0.127. The lowest BCUT2D eigenvalue weighted by atomic mass is 10.2. The summed E-state index contributed by atoms with van der Waals surface area (Å²) in [5.41, 5.74) is 1.33. The van der Waals surface area contributed by atoms with Gasteiger partial charge in [0.1, 0.15) is 18.0 Å². The summed E-state index contributed by atoms with van der Waals surface area (Å²) in [6, 6.07) is 6.83. The SMILES string of the molecule is COc1ccc(OC)c(NC(=O)Cn2c(C)cc(C)nc2=O)c1. The predicted molar refractivity (Wildman–Crippen MR) is 86.1 cm³/mol. The number of aromatic nitrogens is 2. The van der Waals surface area contributed by atoms with Crippen molar-refractivity contribution in [1.29, 1.82) is 0 Å². The monoisotopic (exact) mass is 317 g/mol. The van der Waals surface area contributed by atoms with Crippen molar-refractivity contribution in [3.05, 3.63) is 46.1 Å². The molecule has 1 amide bonds. The van der Waals surface area contributed by atoms with E-state index in [-0.39, 0.29) is 12.5 Å². The van der Waals surface area contributed by atoms with Crippen LogP contribution < -0.4 is 20.5 Å². The van der Waals surface area contributed by atoms with E-state index < -0.39 is 5.69 Å². The summed E-state index contributed by atoms with van der Waals surface area (Å²) < 4.78 is 11.7. The minimum Gasteiger partial charge on any atom is -0.497 e. The van der Waals surface area contributed by atoms with E-state index in [1.165, 1.54) is 18.8 Å². The van der Waals surface area contributed by atoms with Crippen molar-refractivity contribution in [2.75, 3.05) is 19.5 Å². The third-order valence-corrected chi connectivity index (χ3v) is 3.33. The highest BCUT2D eigenvalue weighted by Crippen LogP contribution is 2.28. The number of carbonyl (C=O) groups excluding carboxylic acids is 1. The second-order valence-electron chi connectivity index (χ2n) is 5.02. The van der Waals surface area contributed by atoms with Crippen LogP contribution in [0.5, 0.6) is 11.5 Å². The van der Waals surface area contributed by atoms with Crippen molar-refractivity contribution < 1.29 is 14.3 Å². The molecule has 0 atom stereocenters. The number of rotatable bonds is 5. The zero-order valence-electron chi connectivity index (χ0n) is 13.5. The van der Waals surface area contributed by atoms with Crippen molar-refractivity contribution >= 4 is 11.6 Å². The molecule has 0 aliphatic carbocycles. The molecule has 0 radical (unpaired) electrons. The van der Waals surface area contributed by atoms with E-state index >= 15 is 0 Å². The fraction of sp³-hybridized carbons (Fsp3) is 0.312. The Labute approximate surface area is 133 Å². The third kappa shape index (κ3) is 3.88. The Morgan fingerprint density at radius 3 is 2.57 bits per heavy atom. The maximum Gasteiger partial charge on any atom is 0.348 e. The van der Waals surface area contributed by atoms with Crippen LogP contribution >= 0.6 is 0 Å². The van der Waals surface area contributed by atoms with Gasteiger partial charge in [0.2, 0.25) is 5.91 Å². The summed E-state index contributed by atoms with van der Waals surface area (Å²) in [6.45, 7) is 3.37. The number of aryl methyl sites for hydroxylation is 2. The van der Waals surface area contributed by atoms with E-state index in [4.69, 9.17) is 9.47 Å². The number of nitrogens with zero attached hydrogens (tertiary/aromatic N) is 2. The highest BCUT2D eigenvalue weighted by atomic mass is 16.5. The number of ether oxygens (including phenoxy) is 2. The zero-order chi connectivity index (χ0) is 17.0. The number of amides is 1. The highest BCUT2D eigenvalue weighted by molar-refractivity contribution is 5.92. The van der Waals surface area contributed by atoms with Crippen molar-refractivity contribution in [2.45, 2.75) is 20.4 Å². The van der Waals surface area contributed by atoms with E-state index in [2.05, 4.69) is 10.3 Å². The molecule has 0 spiro atoms. The first-order chi connectivity index (χ1) is 10.9. The topological polar surface area (TPSA) is 82.4 Å². The standard InChI is InChI=1S/C16H19N3O4/c1-10-7-11(2)19(16(21)17-10)9-15(20)18-13-8-12(22-3)5-6-14(13)23-4/h5-8H,9H2,1-4H3,(H,18,20). The maximum atomic E-state index is 12.2. The summed E-state index contributed by atoms with van der Waals surface area (Å²) in [4.78, 5) is 28.0. The van der Waals surface area contributed by atoms with E-state index in [0.717, 1.165) is 0 Å². The Morgan fingerprint density at radius 1 is 1.22 bits per heavy atom. The van der Waals surface area contributed by atoms with Crippen LogP contribution in [0.1, 0.15) is 11.4 Å². The molecule has 0 saturated heterocycles. The van der Waals surface area contributed by atoms with Crippen LogP contribution in [0.4, 0.5) is 5.69 Å². The van der Waals surface area contributed by atoms with Gasteiger partial charge in [-0.2, -0.15) is 4.98 Å². The van der Waals surface area contributed by atoms with Crippen LogP contribution in [0.15, 0.2) is 29.1 Å². The van der Waals surface area contributed by atoms with Gasteiger partial charge >= 0.3 is 5.69 Å². The van der Waals surface area contributed by atoms with Gasteiger partial charge in [-0.05, 0) is 32.0 Å². The Bertz CT molecular complexity index is 783. The first-order valence-electron chi connectivity index (χ1n) is 7.01. The molecule has 0 unspecified atom stereocenters. The van der Waals surface area contributed by atoms with Gasteiger partial charge in [0.05, 0.1) is 19.9 Å². The molecule has 7 nitrogen and oxygen atoms in total. The number of nitrogens with one attached hydrogen (secondary N) is 1. The minimum atomic E-state index is -0.449. The fourth-order valence-electron chi connectivity index (χ4n) is 2.21. The van der Waals surface area contributed by atoms with Crippen LogP contribution in [0.25, 0.3) is 0 Å². The normalized spacial score (nSPS) is 10.3. The summed E-state index contributed by atoms with van der Waals surface area (Å²) in [5, 5.41) is 2.72. The molecular weight excluding hydrogens is 298 g/mol. The van der Waals surface area contributed by atoms with Crippen LogP contribution in [0.2, 0.25) is 0 Å². The molecule has 0 aliphatic heterocycles. The smallest absolute Gasteiger partial charge is 0.348 e. The van der Waals surface area contributed by atoms with Gasteiger partial charge < -0.3 is 14.8 Å². The molecule has 0 bridgehead atoms. The van der Waals surface area contributed by atoms with E-state index in [0.29, 0.717) is 28.6 Å². The van der Waals surface area contributed by atoms with Gasteiger partial charge in [-0.3, -0.25) is 9.36 Å². The largest absolute Gasteiger partial charge is 0.497 e. The van der Waals surface area contributed by atoms with Gasteiger partial charge in [0.25, 0.3) is 0 Å². The average Bonchev–Trinajstić information content (AvgIpc) is 2.50. The molecule has 23 heavy (non-hydrogen) atoms. The predicted octanol–water partition coefficient (Wildman–Crippen LogP) is 1.52. The van der Waals surface area contributed by atoms with Crippen LogP contribution in [0, 0.1) is 13.8 Å². The number of hydrogen-bond acceptors (Lipinski definition) is 5. The first kappa shape index (κ1) is 16.5. The third-order valence-electron chi connectivity index (χ3n) is 3.33. The second kappa shape index (κ2) is 6.95. The second-order valence-corrected chi connectivity index (χ2v) is 5.02. The Kier molecular flexibility index (Phi) is 5.00. The van der Waals surface area contributed by atoms with Gasteiger partial charge in [-0.25, -0.2) is 4.79 Å². The molecule has 0 saturated carbocycles. The average molecular weight is 317 g/mol. The highest BCUT2D eigenvalue weighted by Gasteiger charge is 2.12. The Hall–Kier alpha value is -2.83. The summed E-state index contributed by atoms with van der Waals surface area (Å²) in [7, 11) is 3.05. The Balaban J connectivity index is 2.22. The van der Waals surface area contributed by atoms with Gasteiger partial charge in [0.15, 0.2) is 0 Å². The van der Waals surface area contributed by atoms with E-state index in [1.54, 1.807) is 38.1 Å². The maximum absolute atomic E-state index is 12.2. The molecule has 0 fully saturated rings. The van der Waals surface area contributed by atoms with Gasteiger partial charge in [0, 0.05) is 17.5 Å². The quantitative estimate of drug-likeness (QED) is 0.904. The molecule has 2 rings (SSSR count). The summed E-state index contributed by atoms with van der Waals surface area (Å²) in [5.74, 6) is 0.740. The molecule has 1 heterocycles. The van der Waals surface area contributed by atoms with Crippen LogP contribution in [0.3, 0.4) is 0 Å². The molecule has 1 aromatic carbocycles. The number of anilines is 1. The molecule has 2 aromatic rings. The molecule has 1 aromatic heterocycles. The summed E-state index contributed by atoms with van der Waals surface area (Å²) >= 11 is 0. The lowest BCUT2D eigenvalue weighted by Gasteiger charge is -2.13. The van der Waals surface area contributed by atoms with Crippen molar-refractivity contribution in [2.24, 2.45) is 0 Å². The van der Waals surface area contributed by atoms with E-state index in [1.807, 2.05) is 0 Å². The lowest BCUT2D eigenvalue weighted by Crippen LogP contribution is -2.31. The van der Waals surface area contributed by atoms with E-state index in [9.17, 15) is 9.59 Å². The van der Waals surface area contributed by atoms with Crippen molar-refractivity contribution in [3.8, 4) is 11.5 Å². The van der Waals surface area contributed by atoms with Gasteiger partial charge in [-0.1, -0.05) is 0 Å². The fourth-order valence-corrected chi connectivity index (χ4v) is 2.21. The van der Waals surface area contributed by atoms with Crippen molar-refractivity contribution in [1.82, 2.24) is 9.55 Å². The van der Waals surface area contributed by atoms with Crippen LogP contribution in [-0.4, -0.2) is 29.7 Å². The Morgan fingerprint density at radius 2 is 1.96 bits per heavy atom. The summed E-state index contributed by atoms with van der Waals surface area (Å²) in [6.07, 6.45) is 0. The first-order valence-corrected chi connectivity index (χ1v) is 7.01. The van der Waals surface area contributed by atoms with Gasteiger partial charge in [-0.15, -0.1) is 0 Å². The zero-order valence-corrected chi connectivity index (χ0v) is 13.5. The van der Waals surface area contributed by atoms with Crippen LogP contribution in [-0.2, 0) is 11.3 Å². The molecular formula is C16H19N3O4. The number of hydrogen-bond donors (Lipinski definition) is 1. The number of benzene rings is 1. The number of carbonyl (C=O) groups is 1. The molecule has 7 heteroatoms.